The van der Waals surface area contributed by atoms with Crippen LogP contribution in [0.25, 0.3) is 0 Å². The number of rotatable bonds is 2. The molecule has 0 spiro atoms. The zero-order valence-electron chi connectivity index (χ0n) is 7.44. The molecule has 1 aliphatic heterocycles. The number of aldehydes is 1. The van der Waals surface area contributed by atoms with Crippen LogP contribution < -0.4 is 5.32 Å². The summed E-state index contributed by atoms with van der Waals surface area (Å²) in [5, 5.41) is 3.27. The number of thioether (sulfide) groups is 1. The predicted octanol–water partition coefficient (Wildman–Crippen LogP) is 1.73. The molecule has 1 heterocycles. The normalized spacial score (nSPS) is 26.4. The van der Waals surface area contributed by atoms with Crippen molar-refractivity contribution >= 4 is 18.0 Å². The molecule has 2 rings (SSSR count). The van der Waals surface area contributed by atoms with Gasteiger partial charge in [-0.2, -0.15) is 0 Å². The van der Waals surface area contributed by atoms with Gasteiger partial charge in [0, 0.05) is 5.75 Å². The summed E-state index contributed by atoms with van der Waals surface area (Å²) in [7, 11) is 0. The number of nitrogens with one attached hydrogen (secondary N) is 1. The topological polar surface area (TPSA) is 29.1 Å². The van der Waals surface area contributed by atoms with Crippen LogP contribution >= 0.6 is 11.8 Å². The van der Waals surface area contributed by atoms with Crippen molar-refractivity contribution in [2.75, 3.05) is 5.75 Å². The third kappa shape index (κ3) is 1.96. The lowest BCUT2D eigenvalue weighted by Crippen LogP contribution is -2.26. The Morgan fingerprint density at radius 2 is 2.14 bits per heavy atom. The van der Waals surface area contributed by atoms with Crippen LogP contribution in [0.3, 0.4) is 0 Å². The van der Waals surface area contributed by atoms with E-state index in [9.17, 15) is 9.18 Å². The van der Waals surface area contributed by atoms with E-state index < -0.39 is 0 Å². The van der Waals surface area contributed by atoms with Crippen LogP contribution in [0.1, 0.15) is 10.9 Å². The van der Waals surface area contributed by atoms with E-state index in [1.165, 1.54) is 12.1 Å². The Kier molecular flexibility index (Phi) is 2.84. The summed E-state index contributed by atoms with van der Waals surface area (Å²) in [6.07, 6.45) is 0.913. The zero-order valence-corrected chi connectivity index (χ0v) is 8.26. The van der Waals surface area contributed by atoms with Gasteiger partial charge in [0.05, 0.1) is 11.4 Å². The summed E-state index contributed by atoms with van der Waals surface area (Å²) < 4.78 is 12.6. The first-order valence-electron chi connectivity index (χ1n) is 4.38. The first-order chi connectivity index (χ1) is 6.79. The van der Waals surface area contributed by atoms with Crippen molar-refractivity contribution in [3.05, 3.63) is 35.6 Å². The van der Waals surface area contributed by atoms with Gasteiger partial charge >= 0.3 is 0 Å². The molecule has 14 heavy (non-hydrogen) atoms. The van der Waals surface area contributed by atoms with Crippen molar-refractivity contribution in [1.82, 2.24) is 5.32 Å². The van der Waals surface area contributed by atoms with Crippen LogP contribution in [0, 0.1) is 5.82 Å². The molecule has 1 aliphatic rings. The molecule has 4 heteroatoms. The molecule has 0 radical (unpaired) electrons. The molecule has 74 valence electrons. The van der Waals surface area contributed by atoms with Crippen molar-refractivity contribution in [2.45, 2.75) is 11.4 Å². The molecule has 0 aliphatic carbocycles. The lowest BCUT2D eigenvalue weighted by molar-refractivity contribution is -0.109. The first-order valence-corrected chi connectivity index (χ1v) is 5.43. The minimum atomic E-state index is -0.233. The standard InChI is InChI=1S/C10H10FNOS/c11-8-3-1-7(2-4-8)10-12-9(5-13)6-14-10/h1-5,9-10,12H,6H2. The van der Waals surface area contributed by atoms with E-state index in [1.807, 2.05) is 0 Å². The third-order valence-electron chi connectivity index (χ3n) is 2.14. The summed E-state index contributed by atoms with van der Waals surface area (Å²) in [5.41, 5.74) is 1.01. The SMILES string of the molecule is O=CC1CSC(c2ccc(F)cc2)N1. The largest absolute Gasteiger partial charge is 0.302 e. The number of carbonyl (C=O) groups is 1. The zero-order chi connectivity index (χ0) is 9.97. The van der Waals surface area contributed by atoms with E-state index in [-0.39, 0.29) is 17.2 Å². The van der Waals surface area contributed by atoms with E-state index in [1.54, 1.807) is 23.9 Å². The Bertz CT molecular complexity index is 327. The predicted molar refractivity (Wildman–Crippen MR) is 54.6 cm³/mol. The number of hydrogen-bond donors (Lipinski definition) is 1. The Morgan fingerprint density at radius 1 is 1.43 bits per heavy atom. The van der Waals surface area contributed by atoms with E-state index in [0.29, 0.717) is 0 Å². The molecule has 0 aromatic heterocycles. The van der Waals surface area contributed by atoms with Crippen molar-refractivity contribution in [3.8, 4) is 0 Å². The third-order valence-corrected chi connectivity index (χ3v) is 3.44. The average molecular weight is 211 g/mol. The van der Waals surface area contributed by atoms with Gasteiger partial charge in [-0.15, -0.1) is 11.8 Å². The molecule has 1 N–H and O–H groups in total. The fourth-order valence-corrected chi connectivity index (χ4v) is 2.59. The van der Waals surface area contributed by atoms with Crippen molar-refractivity contribution in [3.63, 3.8) is 0 Å². The maximum absolute atomic E-state index is 12.6. The number of benzene rings is 1. The number of halogens is 1. The molecule has 0 amide bonds. The van der Waals surface area contributed by atoms with Crippen LogP contribution in [0.5, 0.6) is 0 Å². The maximum Gasteiger partial charge on any atom is 0.137 e. The van der Waals surface area contributed by atoms with Crippen molar-refractivity contribution in [1.29, 1.82) is 0 Å². The Labute approximate surface area is 85.9 Å². The minimum absolute atomic E-state index is 0.0740. The maximum atomic E-state index is 12.6. The second kappa shape index (κ2) is 4.11. The summed E-state index contributed by atoms with van der Waals surface area (Å²) in [6, 6.07) is 6.29. The summed E-state index contributed by atoms with van der Waals surface area (Å²) in [4.78, 5) is 10.5. The molecule has 2 atom stereocenters. The van der Waals surface area contributed by atoms with Crippen LogP contribution in [0.4, 0.5) is 4.39 Å². The van der Waals surface area contributed by atoms with Crippen LogP contribution in [0.2, 0.25) is 0 Å². The monoisotopic (exact) mass is 211 g/mol. The average Bonchev–Trinajstić information content (AvgIpc) is 2.67. The van der Waals surface area contributed by atoms with Gasteiger partial charge in [-0.3, -0.25) is 5.32 Å². The van der Waals surface area contributed by atoms with Crippen molar-refractivity contribution < 1.29 is 9.18 Å². The molecule has 0 bridgehead atoms. The highest BCUT2D eigenvalue weighted by molar-refractivity contribution is 7.99. The highest BCUT2D eigenvalue weighted by atomic mass is 32.2. The van der Waals surface area contributed by atoms with E-state index in [4.69, 9.17) is 0 Å². The molecule has 1 aromatic rings. The van der Waals surface area contributed by atoms with Crippen LogP contribution in [-0.4, -0.2) is 18.1 Å². The van der Waals surface area contributed by atoms with Crippen LogP contribution in [-0.2, 0) is 4.79 Å². The van der Waals surface area contributed by atoms with Crippen LogP contribution in [0.15, 0.2) is 24.3 Å². The summed E-state index contributed by atoms with van der Waals surface area (Å²) in [6.45, 7) is 0. The molecule has 1 saturated heterocycles. The van der Waals surface area contributed by atoms with Gasteiger partial charge in [0.1, 0.15) is 12.1 Å². The van der Waals surface area contributed by atoms with E-state index in [2.05, 4.69) is 5.32 Å². The molecular weight excluding hydrogens is 201 g/mol. The Hall–Kier alpha value is -0.870. The quantitative estimate of drug-likeness (QED) is 0.755. The van der Waals surface area contributed by atoms with Gasteiger partial charge in [-0.1, -0.05) is 12.1 Å². The fraction of sp³-hybridized carbons (Fsp3) is 0.300. The molecule has 0 saturated carbocycles. The lowest BCUT2D eigenvalue weighted by atomic mass is 10.2. The number of carbonyl (C=O) groups excluding carboxylic acids is 1. The van der Waals surface area contributed by atoms with E-state index >= 15 is 0 Å². The lowest BCUT2D eigenvalue weighted by Gasteiger charge is -2.10. The highest BCUT2D eigenvalue weighted by Gasteiger charge is 2.24. The summed E-state index contributed by atoms with van der Waals surface area (Å²) in [5.74, 6) is 0.551. The molecular formula is C10H10FNOS. The fourth-order valence-electron chi connectivity index (χ4n) is 1.40. The van der Waals surface area contributed by atoms with Gasteiger partial charge in [-0.05, 0) is 17.7 Å². The molecule has 1 fully saturated rings. The minimum Gasteiger partial charge on any atom is -0.302 e. The Balaban J connectivity index is 2.09. The summed E-state index contributed by atoms with van der Waals surface area (Å²) >= 11 is 1.67. The van der Waals surface area contributed by atoms with Gasteiger partial charge in [0.25, 0.3) is 0 Å². The second-order valence-electron chi connectivity index (χ2n) is 3.17. The van der Waals surface area contributed by atoms with Gasteiger partial charge in [0.15, 0.2) is 0 Å². The first kappa shape index (κ1) is 9.68. The molecule has 1 aromatic carbocycles. The molecule has 2 nitrogen and oxygen atoms in total. The molecule has 2 unspecified atom stereocenters. The smallest absolute Gasteiger partial charge is 0.137 e. The van der Waals surface area contributed by atoms with Crippen molar-refractivity contribution in [2.24, 2.45) is 0 Å². The van der Waals surface area contributed by atoms with Gasteiger partial charge < -0.3 is 4.79 Å². The van der Waals surface area contributed by atoms with Gasteiger partial charge in [0.2, 0.25) is 0 Å². The van der Waals surface area contributed by atoms with Gasteiger partial charge in [-0.25, -0.2) is 4.39 Å². The second-order valence-corrected chi connectivity index (χ2v) is 4.31. The van der Waals surface area contributed by atoms with E-state index in [0.717, 1.165) is 17.6 Å². The highest BCUT2D eigenvalue weighted by Crippen LogP contribution is 2.31. The number of hydrogen-bond acceptors (Lipinski definition) is 3. The Morgan fingerprint density at radius 3 is 2.71 bits per heavy atom.